The SMILES string of the molecule is C=C/C=C(/c1ccc(OC)c(OC)c1)n1nc(C(=O)N2CCNCC2)cc1CCC. The number of allylic oxidation sites excluding steroid dienone is 2. The van der Waals surface area contributed by atoms with Gasteiger partial charge in [-0.3, -0.25) is 4.79 Å². The number of benzene rings is 1. The molecule has 1 aliphatic rings. The first kappa shape index (κ1) is 21.6. The highest BCUT2D eigenvalue weighted by atomic mass is 16.5. The van der Waals surface area contributed by atoms with Gasteiger partial charge in [0, 0.05) is 37.4 Å². The van der Waals surface area contributed by atoms with E-state index in [9.17, 15) is 4.79 Å². The van der Waals surface area contributed by atoms with Crippen LogP contribution in [0.25, 0.3) is 5.70 Å². The van der Waals surface area contributed by atoms with Crippen molar-refractivity contribution in [2.45, 2.75) is 19.8 Å². The Balaban J connectivity index is 2.03. The molecule has 2 heterocycles. The number of carbonyl (C=O) groups is 1. The van der Waals surface area contributed by atoms with Crippen molar-refractivity contribution < 1.29 is 14.3 Å². The van der Waals surface area contributed by atoms with Crippen molar-refractivity contribution in [3.63, 3.8) is 0 Å². The van der Waals surface area contributed by atoms with E-state index in [4.69, 9.17) is 14.6 Å². The first-order valence-electron chi connectivity index (χ1n) is 10.3. The van der Waals surface area contributed by atoms with Crippen LogP contribution in [0, 0.1) is 0 Å². The molecular weight excluding hydrogens is 380 g/mol. The van der Waals surface area contributed by atoms with Crippen molar-refractivity contribution in [1.29, 1.82) is 0 Å². The van der Waals surface area contributed by atoms with E-state index in [1.165, 1.54) is 0 Å². The maximum Gasteiger partial charge on any atom is 0.274 e. The number of aryl methyl sites for hydroxylation is 1. The molecule has 1 saturated heterocycles. The topological polar surface area (TPSA) is 68.6 Å². The molecule has 0 radical (unpaired) electrons. The minimum absolute atomic E-state index is 0.0298. The Morgan fingerprint density at radius 2 is 1.93 bits per heavy atom. The number of methoxy groups -OCH3 is 2. The largest absolute Gasteiger partial charge is 0.493 e. The molecule has 7 nitrogen and oxygen atoms in total. The molecule has 0 bridgehead atoms. The lowest BCUT2D eigenvalue weighted by Gasteiger charge is -2.26. The number of ether oxygens (including phenoxy) is 2. The zero-order chi connectivity index (χ0) is 21.5. The molecule has 1 aromatic heterocycles. The Morgan fingerprint density at radius 3 is 2.57 bits per heavy atom. The molecule has 0 aliphatic carbocycles. The van der Waals surface area contributed by atoms with Gasteiger partial charge in [0.15, 0.2) is 17.2 Å². The van der Waals surface area contributed by atoms with Crippen molar-refractivity contribution in [1.82, 2.24) is 20.0 Å². The smallest absolute Gasteiger partial charge is 0.274 e. The van der Waals surface area contributed by atoms with E-state index in [1.807, 2.05) is 39.9 Å². The molecule has 1 aliphatic heterocycles. The summed E-state index contributed by atoms with van der Waals surface area (Å²) in [6.45, 7) is 8.98. The summed E-state index contributed by atoms with van der Waals surface area (Å²) in [5.74, 6) is 1.26. The average Bonchev–Trinajstić information content (AvgIpc) is 3.20. The van der Waals surface area contributed by atoms with Gasteiger partial charge in [-0.15, -0.1) is 0 Å². The first-order valence-corrected chi connectivity index (χ1v) is 10.3. The molecule has 0 unspecified atom stereocenters. The molecule has 1 aromatic carbocycles. The summed E-state index contributed by atoms with van der Waals surface area (Å²) in [4.78, 5) is 14.9. The van der Waals surface area contributed by atoms with Crippen LogP contribution in [0.2, 0.25) is 0 Å². The van der Waals surface area contributed by atoms with E-state index in [1.54, 1.807) is 20.3 Å². The monoisotopic (exact) mass is 410 g/mol. The van der Waals surface area contributed by atoms with Gasteiger partial charge in [-0.05, 0) is 36.8 Å². The predicted octanol–water partition coefficient (Wildman–Crippen LogP) is 2.97. The predicted molar refractivity (Wildman–Crippen MR) is 118 cm³/mol. The van der Waals surface area contributed by atoms with Crippen LogP contribution in [0.5, 0.6) is 11.5 Å². The van der Waals surface area contributed by atoms with Gasteiger partial charge < -0.3 is 19.7 Å². The molecule has 160 valence electrons. The van der Waals surface area contributed by atoms with Gasteiger partial charge >= 0.3 is 0 Å². The van der Waals surface area contributed by atoms with Gasteiger partial charge in [-0.2, -0.15) is 5.10 Å². The van der Waals surface area contributed by atoms with Crippen molar-refractivity contribution in [2.24, 2.45) is 0 Å². The molecule has 1 amide bonds. The van der Waals surface area contributed by atoms with Gasteiger partial charge in [0.2, 0.25) is 0 Å². The van der Waals surface area contributed by atoms with Crippen molar-refractivity contribution in [3.05, 3.63) is 59.9 Å². The number of piperazine rings is 1. The number of rotatable bonds is 8. The molecule has 2 aromatic rings. The second kappa shape index (κ2) is 10.1. The Labute approximate surface area is 178 Å². The summed E-state index contributed by atoms with van der Waals surface area (Å²) in [6, 6.07) is 7.63. The van der Waals surface area contributed by atoms with Crippen molar-refractivity contribution >= 4 is 11.6 Å². The number of aromatic nitrogens is 2. The second-order valence-corrected chi connectivity index (χ2v) is 7.08. The fraction of sp³-hybridized carbons (Fsp3) is 0.391. The Bertz CT molecular complexity index is 927. The number of nitrogens with one attached hydrogen (secondary N) is 1. The van der Waals surface area contributed by atoms with Crippen LogP contribution in [-0.4, -0.2) is 61.0 Å². The summed E-state index contributed by atoms with van der Waals surface area (Å²) in [5.41, 5.74) is 3.18. The van der Waals surface area contributed by atoms with Gasteiger partial charge in [-0.25, -0.2) is 4.68 Å². The second-order valence-electron chi connectivity index (χ2n) is 7.08. The van der Waals surface area contributed by atoms with Crippen LogP contribution in [0.3, 0.4) is 0 Å². The minimum atomic E-state index is -0.0298. The summed E-state index contributed by atoms with van der Waals surface area (Å²) in [6.07, 6.45) is 5.37. The zero-order valence-electron chi connectivity index (χ0n) is 18.0. The van der Waals surface area contributed by atoms with E-state index < -0.39 is 0 Å². The molecule has 3 rings (SSSR count). The van der Waals surface area contributed by atoms with Gasteiger partial charge in [0.25, 0.3) is 5.91 Å². The van der Waals surface area contributed by atoms with E-state index in [2.05, 4.69) is 18.8 Å². The third-order valence-corrected chi connectivity index (χ3v) is 5.10. The highest BCUT2D eigenvalue weighted by Crippen LogP contribution is 2.31. The summed E-state index contributed by atoms with van der Waals surface area (Å²) in [7, 11) is 3.22. The quantitative estimate of drug-likeness (QED) is 0.678. The van der Waals surface area contributed by atoms with E-state index in [-0.39, 0.29) is 5.91 Å². The maximum absolute atomic E-state index is 13.0. The molecule has 0 saturated carbocycles. The minimum Gasteiger partial charge on any atom is -0.493 e. The molecule has 30 heavy (non-hydrogen) atoms. The highest BCUT2D eigenvalue weighted by Gasteiger charge is 2.23. The summed E-state index contributed by atoms with van der Waals surface area (Å²) < 4.78 is 12.7. The molecule has 0 atom stereocenters. The fourth-order valence-electron chi connectivity index (χ4n) is 3.59. The zero-order valence-corrected chi connectivity index (χ0v) is 18.0. The van der Waals surface area contributed by atoms with Crippen LogP contribution in [0.15, 0.2) is 43.0 Å². The van der Waals surface area contributed by atoms with Crippen LogP contribution < -0.4 is 14.8 Å². The lowest BCUT2D eigenvalue weighted by Crippen LogP contribution is -2.46. The van der Waals surface area contributed by atoms with E-state index in [0.717, 1.165) is 42.9 Å². The van der Waals surface area contributed by atoms with Crippen LogP contribution >= 0.6 is 0 Å². The molecule has 7 heteroatoms. The highest BCUT2D eigenvalue weighted by molar-refractivity contribution is 5.92. The maximum atomic E-state index is 13.0. The summed E-state index contributed by atoms with van der Waals surface area (Å²) >= 11 is 0. The first-order chi connectivity index (χ1) is 14.6. The van der Waals surface area contributed by atoms with Crippen molar-refractivity contribution in [2.75, 3.05) is 40.4 Å². The van der Waals surface area contributed by atoms with Gasteiger partial charge in [-0.1, -0.05) is 26.0 Å². The summed E-state index contributed by atoms with van der Waals surface area (Å²) in [5, 5.41) is 7.99. The molecular formula is C23H30N4O3. The molecule has 1 N–H and O–H groups in total. The van der Waals surface area contributed by atoms with Crippen LogP contribution in [0.4, 0.5) is 0 Å². The number of carbonyl (C=O) groups excluding carboxylic acids is 1. The third-order valence-electron chi connectivity index (χ3n) is 5.10. The standard InChI is InChI=1S/C23H30N4O3/c1-5-7-18-16-19(23(28)26-13-11-24-12-14-26)25-27(18)20(8-6-2)17-9-10-21(29-3)22(15-17)30-4/h6,8-10,15-16,24H,2,5,7,11-14H2,1,3-4H3/b20-8-. The number of nitrogens with zero attached hydrogens (tertiary/aromatic N) is 3. The third kappa shape index (κ3) is 4.57. The van der Waals surface area contributed by atoms with Gasteiger partial charge in [0.1, 0.15) is 0 Å². The Morgan fingerprint density at radius 1 is 1.20 bits per heavy atom. The lowest BCUT2D eigenvalue weighted by molar-refractivity contribution is 0.0729. The lowest BCUT2D eigenvalue weighted by atomic mass is 10.1. The average molecular weight is 411 g/mol. The Kier molecular flexibility index (Phi) is 7.30. The van der Waals surface area contributed by atoms with E-state index in [0.29, 0.717) is 30.3 Å². The normalized spacial score (nSPS) is 14.5. The Hall–Kier alpha value is -3.06. The fourth-order valence-corrected chi connectivity index (χ4v) is 3.59. The van der Waals surface area contributed by atoms with Crippen LogP contribution in [-0.2, 0) is 6.42 Å². The number of hydrogen-bond donors (Lipinski definition) is 1. The van der Waals surface area contributed by atoms with Crippen LogP contribution in [0.1, 0.15) is 35.1 Å². The molecule has 1 fully saturated rings. The number of amides is 1. The van der Waals surface area contributed by atoms with Crippen molar-refractivity contribution in [3.8, 4) is 11.5 Å². The number of hydrogen-bond acceptors (Lipinski definition) is 5. The van der Waals surface area contributed by atoms with Gasteiger partial charge in [0.05, 0.1) is 19.9 Å². The molecule has 0 spiro atoms. The van der Waals surface area contributed by atoms with E-state index >= 15 is 0 Å².